The van der Waals surface area contributed by atoms with Gasteiger partial charge in [-0.15, -0.1) is 0 Å². The summed E-state index contributed by atoms with van der Waals surface area (Å²) < 4.78 is 36.6. The monoisotopic (exact) mass is 752 g/mol. The Morgan fingerprint density at radius 3 is 2.23 bits per heavy atom. The standard InChI is InChI=1S/C39H60O14/c1-17-7-10-39(48-16-17)18(2)28-24(53-39)12-23-21-6-5-19-11-20(8-9-37(19,3)22(21)13-27(42)38(23,28)4)49-35-33(47)31(45)34(26(15-41)51-35)52-36-32(46)30(44)29(43)25(14-40)50-36/h5,17-18,20-26,28-36,40-41,43-47H,6-16H2,1-4H3/t17-,18+,20+,21-,22+,23+,24+,25-,26-,28+,29-,30+,31-,32-,33-,34+,35-,36+,37+,38-,39-/m1/s1. The van der Waals surface area contributed by atoms with E-state index in [0.717, 1.165) is 32.1 Å². The van der Waals surface area contributed by atoms with Crippen LogP contribution < -0.4 is 0 Å². The Morgan fingerprint density at radius 1 is 0.830 bits per heavy atom. The van der Waals surface area contributed by atoms with Crippen LogP contribution in [0.1, 0.15) is 79.1 Å². The predicted octanol–water partition coefficient (Wildman–Crippen LogP) is 0.541. The Kier molecular flexibility index (Phi) is 10.3. The van der Waals surface area contributed by atoms with Gasteiger partial charge in [0.1, 0.15) is 54.6 Å². The van der Waals surface area contributed by atoms with E-state index in [9.17, 15) is 40.5 Å². The van der Waals surface area contributed by atoms with Gasteiger partial charge in [-0.05, 0) is 67.6 Å². The molecule has 8 aliphatic rings. The fourth-order valence-corrected chi connectivity index (χ4v) is 12.3. The fourth-order valence-electron chi connectivity index (χ4n) is 12.3. The van der Waals surface area contributed by atoms with E-state index in [1.165, 1.54) is 5.57 Å². The molecule has 7 N–H and O–H groups in total. The quantitative estimate of drug-likeness (QED) is 0.185. The average molecular weight is 753 g/mol. The molecule has 0 amide bonds. The second-order valence-electron chi connectivity index (χ2n) is 18.1. The zero-order chi connectivity index (χ0) is 37.8. The van der Waals surface area contributed by atoms with Crippen molar-refractivity contribution in [3.05, 3.63) is 11.6 Å². The van der Waals surface area contributed by atoms with Crippen molar-refractivity contribution < 1.29 is 69.0 Å². The Balaban J connectivity index is 0.929. The maximum atomic E-state index is 14.5. The number of aliphatic hydroxyl groups excluding tert-OH is 7. The molecule has 4 aliphatic heterocycles. The lowest BCUT2D eigenvalue weighted by Gasteiger charge is -2.58. The minimum absolute atomic E-state index is 0.0284. The molecule has 4 heterocycles. The highest BCUT2D eigenvalue weighted by Crippen LogP contribution is 2.69. The van der Waals surface area contributed by atoms with Gasteiger partial charge in [0.25, 0.3) is 0 Å². The molecule has 7 fully saturated rings. The number of carbonyl (C=O) groups is 1. The maximum absolute atomic E-state index is 14.5. The van der Waals surface area contributed by atoms with E-state index in [1.54, 1.807) is 0 Å². The molecule has 0 unspecified atom stereocenters. The van der Waals surface area contributed by atoms with E-state index in [-0.39, 0.29) is 41.3 Å². The molecule has 0 aromatic heterocycles. The summed E-state index contributed by atoms with van der Waals surface area (Å²) >= 11 is 0. The molecule has 21 atom stereocenters. The third-order valence-electron chi connectivity index (χ3n) is 15.5. The van der Waals surface area contributed by atoms with Gasteiger partial charge in [0, 0.05) is 30.1 Å². The molecule has 4 saturated heterocycles. The average Bonchev–Trinajstić information content (AvgIpc) is 3.59. The first-order chi connectivity index (χ1) is 25.2. The van der Waals surface area contributed by atoms with Gasteiger partial charge in [-0.3, -0.25) is 4.79 Å². The molecule has 0 bridgehead atoms. The summed E-state index contributed by atoms with van der Waals surface area (Å²) in [5.41, 5.74) is 0.620. The van der Waals surface area contributed by atoms with Gasteiger partial charge in [0.15, 0.2) is 18.4 Å². The summed E-state index contributed by atoms with van der Waals surface area (Å²) in [6.07, 6.45) is -6.67. The van der Waals surface area contributed by atoms with E-state index in [1.807, 2.05) is 0 Å². The lowest BCUT2D eigenvalue weighted by molar-refractivity contribution is -0.363. The van der Waals surface area contributed by atoms with Crippen LogP contribution in [0.25, 0.3) is 0 Å². The first kappa shape index (κ1) is 38.7. The molecule has 1 spiro atoms. The first-order valence-electron chi connectivity index (χ1n) is 19.9. The van der Waals surface area contributed by atoms with Crippen molar-refractivity contribution in [1.82, 2.24) is 0 Å². The number of carbonyl (C=O) groups excluding carboxylic acids is 1. The maximum Gasteiger partial charge on any atom is 0.187 e. The molecular formula is C39H60O14. The van der Waals surface area contributed by atoms with E-state index in [2.05, 4.69) is 33.8 Å². The summed E-state index contributed by atoms with van der Waals surface area (Å²) in [5.74, 6) is 1.44. The summed E-state index contributed by atoms with van der Waals surface area (Å²) in [7, 11) is 0. The molecule has 8 rings (SSSR count). The topological polar surface area (TPSA) is 214 Å². The van der Waals surface area contributed by atoms with Crippen molar-refractivity contribution in [2.75, 3.05) is 19.8 Å². The number of fused-ring (bicyclic) bond motifs is 7. The Labute approximate surface area is 310 Å². The van der Waals surface area contributed by atoms with Gasteiger partial charge in [-0.2, -0.15) is 0 Å². The van der Waals surface area contributed by atoms with Gasteiger partial charge in [-0.1, -0.05) is 39.3 Å². The SMILES string of the molecule is C[C@@H]1CC[C@@]2(OC1)O[C@H]1C[C@H]3[C@@H]4CC=C5C[C@@H](O[C@@H]6O[C@H](CO)[C@H](O[C@@H]7O[C@H](CO)[C@@H](O)[C@H](O)[C@H]7O)[C@H](O)[C@H]6O)CC[C@]5(C)[C@H]4CC(=O)[C@]3(C)[C@H]1[C@@H]2C. The van der Waals surface area contributed by atoms with Crippen molar-refractivity contribution in [2.45, 2.75) is 158 Å². The van der Waals surface area contributed by atoms with Gasteiger partial charge < -0.3 is 64.2 Å². The molecule has 4 aliphatic carbocycles. The van der Waals surface area contributed by atoms with E-state index >= 15 is 0 Å². The Hall–Kier alpha value is -1.11. The van der Waals surface area contributed by atoms with E-state index in [0.29, 0.717) is 43.5 Å². The second-order valence-corrected chi connectivity index (χ2v) is 18.1. The van der Waals surface area contributed by atoms with Gasteiger partial charge in [0.2, 0.25) is 0 Å². The third kappa shape index (κ3) is 5.96. The number of aliphatic hydroxyl groups is 7. The number of rotatable bonds is 6. The Morgan fingerprint density at radius 2 is 1.53 bits per heavy atom. The number of Topliss-reactive ketones (excluding diaryl/α,β-unsaturated/α-hetero) is 1. The van der Waals surface area contributed by atoms with Crippen LogP contribution in [0.4, 0.5) is 0 Å². The molecule has 0 aromatic carbocycles. The van der Waals surface area contributed by atoms with Crippen molar-refractivity contribution in [1.29, 1.82) is 0 Å². The zero-order valence-corrected chi connectivity index (χ0v) is 31.2. The van der Waals surface area contributed by atoms with Gasteiger partial charge in [-0.25, -0.2) is 0 Å². The van der Waals surface area contributed by atoms with Crippen LogP contribution in [-0.2, 0) is 33.2 Å². The number of ketones is 1. The first-order valence-corrected chi connectivity index (χ1v) is 19.9. The highest BCUT2D eigenvalue weighted by atomic mass is 16.7. The highest BCUT2D eigenvalue weighted by molar-refractivity contribution is 5.87. The number of hydrogen-bond donors (Lipinski definition) is 7. The van der Waals surface area contributed by atoms with Gasteiger partial charge in [0.05, 0.1) is 32.0 Å². The fraction of sp³-hybridized carbons (Fsp3) is 0.923. The van der Waals surface area contributed by atoms with Crippen LogP contribution in [0, 0.1) is 46.3 Å². The summed E-state index contributed by atoms with van der Waals surface area (Å²) in [6, 6.07) is 0. The van der Waals surface area contributed by atoms with Crippen LogP contribution in [-0.4, -0.2) is 141 Å². The predicted molar refractivity (Wildman–Crippen MR) is 183 cm³/mol. The van der Waals surface area contributed by atoms with Crippen molar-refractivity contribution in [3.63, 3.8) is 0 Å². The van der Waals surface area contributed by atoms with Gasteiger partial charge >= 0.3 is 0 Å². The molecule has 53 heavy (non-hydrogen) atoms. The molecule has 14 nitrogen and oxygen atoms in total. The van der Waals surface area contributed by atoms with Crippen LogP contribution in [0.5, 0.6) is 0 Å². The van der Waals surface area contributed by atoms with Crippen molar-refractivity contribution in [3.8, 4) is 0 Å². The second kappa shape index (κ2) is 14.1. The summed E-state index contributed by atoms with van der Waals surface area (Å²) in [6.45, 7) is 8.38. The largest absolute Gasteiger partial charge is 0.394 e. The normalized spacial score (nSPS) is 56.7. The molecule has 0 radical (unpaired) electrons. The smallest absolute Gasteiger partial charge is 0.187 e. The minimum Gasteiger partial charge on any atom is -0.394 e. The van der Waals surface area contributed by atoms with E-state index < -0.39 is 85.8 Å². The molecular weight excluding hydrogens is 692 g/mol. The van der Waals surface area contributed by atoms with Crippen LogP contribution in [0.15, 0.2) is 11.6 Å². The summed E-state index contributed by atoms with van der Waals surface area (Å²) in [5, 5.41) is 72.7. The van der Waals surface area contributed by atoms with Crippen LogP contribution in [0.2, 0.25) is 0 Å². The molecule has 14 heteroatoms. The van der Waals surface area contributed by atoms with Crippen LogP contribution >= 0.6 is 0 Å². The Bertz CT molecular complexity index is 1400. The van der Waals surface area contributed by atoms with E-state index in [4.69, 9.17) is 28.4 Å². The zero-order valence-electron chi connectivity index (χ0n) is 31.2. The van der Waals surface area contributed by atoms with Crippen LogP contribution in [0.3, 0.4) is 0 Å². The summed E-state index contributed by atoms with van der Waals surface area (Å²) in [4.78, 5) is 14.5. The molecule has 300 valence electrons. The number of ether oxygens (including phenoxy) is 6. The van der Waals surface area contributed by atoms with Crippen molar-refractivity contribution in [2.24, 2.45) is 46.3 Å². The highest BCUT2D eigenvalue weighted by Gasteiger charge is 2.71. The number of hydrogen-bond acceptors (Lipinski definition) is 14. The molecule has 0 aromatic rings. The van der Waals surface area contributed by atoms with Crippen molar-refractivity contribution >= 4 is 5.78 Å². The molecule has 3 saturated carbocycles. The number of allylic oxidation sites excluding steroid dienone is 1. The third-order valence-corrected chi connectivity index (χ3v) is 15.5. The lowest BCUT2D eigenvalue weighted by Crippen LogP contribution is -2.65. The lowest BCUT2D eigenvalue weighted by atomic mass is 9.46. The minimum atomic E-state index is -1.74.